The van der Waals surface area contributed by atoms with Gasteiger partial charge in [-0.2, -0.15) is 0 Å². The van der Waals surface area contributed by atoms with E-state index >= 15 is 0 Å². The molecule has 9 heavy (non-hydrogen) atoms. The van der Waals surface area contributed by atoms with Crippen molar-refractivity contribution in [1.29, 1.82) is 0 Å². The maximum absolute atomic E-state index is 8.42. The van der Waals surface area contributed by atoms with Crippen LogP contribution in [0.2, 0.25) is 0 Å². The molecule has 0 bridgehead atoms. The van der Waals surface area contributed by atoms with E-state index in [9.17, 15) is 0 Å². The first-order chi connectivity index (χ1) is 4.22. The van der Waals surface area contributed by atoms with Crippen LogP contribution in [0.4, 0.5) is 0 Å². The molecule has 0 fully saturated rings. The summed E-state index contributed by atoms with van der Waals surface area (Å²) in [5.41, 5.74) is 0.900. The molecular formula is C7H15NO. The van der Waals surface area contributed by atoms with Crippen molar-refractivity contribution in [2.75, 3.05) is 0 Å². The highest BCUT2D eigenvalue weighted by Gasteiger charge is 2.02. The number of rotatable bonds is 3. The molecule has 0 atom stereocenters. The van der Waals surface area contributed by atoms with Crippen LogP contribution >= 0.6 is 0 Å². The first-order valence-electron chi connectivity index (χ1n) is 3.43. The molecule has 0 aliphatic heterocycles. The van der Waals surface area contributed by atoms with E-state index in [0.29, 0.717) is 5.92 Å². The Labute approximate surface area is 56.6 Å². The molecule has 0 aromatic heterocycles. The van der Waals surface area contributed by atoms with E-state index in [1.165, 1.54) is 0 Å². The molecule has 1 N–H and O–H groups in total. The van der Waals surface area contributed by atoms with Crippen molar-refractivity contribution in [2.24, 2.45) is 11.1 Å². The van der Waals surface area contributed by atoms with Crippen molar-refractivity contribution in [1.82, 2.24) is 0 Å². The van der Waals surface area contributed by atoms with Crippen molar-refractivity contribution >= 4 is 5.71 Å². The van der Waals surface area contributed by atoms with E-state index in [1.807, 2.05) is 13.8 Å². The van der Waals surface area contributed by atoms with Crippen LogP contribution in [-0.4, -0.2) is 10.9 Å². The Morgan fingerprint density at radius 2 is 2.11 bits per heavy atom. The van der Waals surface area contributed by atoms with Crippen LogP contribution < -0.4 is 0 Å². The molecule has 0 unspecified atom stereocenters. The second-order valence-corrected chi connectivity index (χ2v) is 2.50. The van der Waals surface area contributed by atoms with Crippen LogP contribution in [0.5, 0.6) is 0 Å². The third-order valence-electron chi connectivity index (χ3n) is 1.30. The van der Waals surface area contributed by atoms with Gasteiger partial charge in [0.1, 0.15) is 0 Å². The minimum absolute atomic E-state index is 0.384. The van der Waals surface area contributed by atoms with Crippen molar-refractivity contribution in [3.63, 3.8) is 0 Å². The SMILES string of the molecule is CCC/C(=N\O)C(C)C. The number of hydrogen-bond acceptors (Lipinski definition) is 2. The second kappa shape index (κ2) is 4.36. The Bertz CT molecular complexity index is 97.1. The molecule has 54 valence electrons. The van der Waals surface area contributed by atoms with E-state index in [1.54, 1.807) is 0 Å². The highest BCUT2D eigenvalue weighted by molar-refractivity contribution is 5.85. The molecule has 0 aromatic carbocycles. The highest BCUT2D eigenvalue weighted by Crippen LogP contribution is 2.02. The molecule has 0 aliphatic carbocycles. The summed E-state index contributed by atoms with van der Waals surface area (Å²) < 4.78 is 0. The first kappa shape index (κ1) is 8.47. The van der Waals surface area contributed by atoms with Gasteiger partial charge < -0.3 is 5.21 Å². The molecule has 0 heterocycles. The lowest BCUT2D eigenvalue weighted by Crippen LogP contribution is -2.06. The average molecular weight is 129 g/mol. The van der Waals surface area contributed by atoms with Gasteiger partial charge in [0.15, 0.2) is 0 Å². The smallest absolute Gasteiger partial charge is 0.0596 e. The summed E-state index contributed by atoms with van der Waals surface area (Å²) in [7, 11) is 0. The van der Waals surface area contributed by atoms with Crippen molar-refractivity contribution < 1.29 is 5.21 Å². The molecular weight excluding hydrogens is 114 g/mol. The standard InChI is InChI=1S/C7H15NO/c1-4-5-7(8-9)6(2)3/h6,9H,4-5H2,1-3H3/b8-7+. The van der Waals surface area contributed by atoms with Crippen LogP contribution in [0.25, 0.3) is 0 Å². The Morgan fingerprint density at radius 3 is 2.22 bits per heavy atom. The Balaban J connectivity index is 3.70. The Kier molecular flexibility index (Phi) is 4.10. The minimum Gasteiger partial charge on any atom is -0.411 e. The summed E-state index contributed by atoms with van der Waals surface area (Å²) in [4.78, 5) is 0. The van der Waals surface area contributed by atoms with Crippen molar-refractivity contribution in [3.05, 3.63) is 0 Å². The fraction of sp³-hybridized carbons (Fsp3) is 0.857. The van der Waals surface area contributed by atoms with Gasteiger partial charge in [0.2, 0.25) is 0 Å². The summed E-state index contributed by atoms with van der Waals surface area (Å²) >= 11 is 0. The van der Waals surface area contributed by atoms with Gasteiger partial charge in [0, 0.05) is 0 Å². The number of hydrogen-bond donors (Lipinski definition) is 1. The Morgan fingerprint density at radius 1 is 1.56 bits per heavy atom. The molecule has 0 aliphatic rings. The fourth-order valence-corrected chi connectivity index (χ4v) is 0.710. The van der Waals surface area contributed by atoms with E-state index < -0.39 is 0 Å². The predicted octanol–water partition coefficient (Wildman–Crippen LogP) is 2.27. The van der Waals surface area contributed by atoms with E-state index in [4.69, 9.17) is 5.21 Å². The van der Waals surface area contributed by atoms with Gasteiger partial charge in [0.25, 0.3) is 0 Å². The van der Waals surface area contributed by atoms with E-state index in [-0.39, 0.29) is 0 Å². The first-order valence-corrected chi connectivity index (χ1v) is 3.43. The lowest BCUT2D eigenvalue weighted by atomic mass is 10.0. The molecule has 0 spiro atoms. The maximum atomic E-state index is 8.42. The second-order valence-electron chi connectivity index (χ2n) is 2.50. The summed E-state index contributed by atoms with van der Waals surface area (Å²) in [5, 5.41) is 11.6. The van der Waals surface area contributed by atoms with Gasteiger partial charge in [-0.1, -0.05) is 32.3 Å². The van der Waals surface area contributed by atoms with Gasteiger partial charge >= 0.3 is 0 Å². The summed E-state index contributed by atoms with van der Waals surface area (Å²) in [6, 6.07) is 0. The number of oxime groups is 1. The maximum Gasteiger partial charge on any atom is 0.0596 e. The van der Waals surface area contributed by atoms with Crippen molar-refractivity contribution in [3.8, 4) is 0 Å². The zero-order chi connectivity index (χ0) is 7.28. The normalized spacial score (nSPS) is 12.7. The lowest BCUT2D eigenvalue weighted by Gasteiger charge is -2.04. The van der Waals surface area contributed by atoms with Crippen LogP contribution in [0.3, 0.4) is 0 Å². The summed E-state index contributed by atoms with van der Waals surface area (Å²) in [5.74, 6) is 0.384. The number of nitrogens with zero attached hydrogens (tertiary/aromatic N) is 1. The van der Waals surface area contributed by atoms with Crippen LogP contribution in [0.15, 0.2) is 5.16 Å². The molecule has 0 amide bonds. The average Bonchev–Trinajstić information content (AvgIpc) is 1.82. The predicted molar refractivity (Wildman–Crippen MR) is 39.0 cm³/mol. The van der Waals surface area contributed by atoms with Gasteiger partial charge in [-0.05, 0) is 12.3 Å². The van der Waals surface area contributed by atoms with Gasteiger partial charge in [-0.25, -0.2) is 0 Å². The largest absolute Gasteiger partial charge is 0.411 e. The molecule has 2 heteroatoms. The zero-order valence-corrected chi connectivity index (χ0v) is 6.39. The zero-order valence-electron chi connectivity index (χ0n) is 6.39. The monoisotopic (exact) mass is 129 g/mol. The minimum atomic E-state index is 0.384. The third kappa shape index (κ3) is 3.12. The van der Waals surface area contributed by atoms with E-state index in [2.05, 4.69) is 12.1 Å². The Hall–Kier alpha value is -0.530. The highest BCUT2D eigenvalue weighted by atomic mass is 16.4. The van der Waals surface area contributed by atoms with Crippen molar-refractivity contribution in [2.45, 2.75) is 33.6 Å². The van der Waals surface area contributed by atoms with Crippen LogP contribution in [0.1, 0.15) is 33.6 Å². The van der Waals surface area contributed by atoms with Crippen LogP contribution in [0, 0.1) is 5.92 Å². The summed E-state index contributed by atoms with van der Waals surface area (Å²) in [6.45, 7) is 6.14. The molecule has 2 nitrogen and oxygen atoms in total. The summed E-state index contributed by atoms with van der Waals surface area (Å²) in [6.07, 6.45) is 1.96. The third-order valence-corrected chi connectivity index (χ3v) is 1.30. The molecule has 0 saturated heterocycles. The quantitative estimate of drug-likeness (QED) is 0.354. The van der Waals surface area contributed by atoms with Gasteiger partial charge in [-0.3, -0.25) is 0 Å². The topological polar surface area (TPSA) is 32.6 Å². The fourth-order valence-electron chi connectivity index (χ4n) is 0.710. The molecule has 0 saturated carbocycles. The lowest BCUT2D eigenvalue weighted by molar-refractivity contribution is 0.314. The molecule has 0 rings (SSSR count). The van der Waals surface area contributed by atoms with E-state index in [0.717, 1.165) is 18.6 Å². The molecule has 0 aromatic rings. The van der Waals surface area contributed by atoms with Gasteiger partial charge in [-0.15, -0.1) is 0 Å². The molecule has 0 radical (unpaired) electrons. The van der Waals surface area contributed by atoms with Gasteiger partial charge in [0.05, 0.1) is 5.71 Å². The van der Waals surface area contributed by atoms with Crippen LogP contribution in [-0.2, 0) is 0 Å².